The molecule has 0 aliphatic rings. The maximum atomic E-state index is 2.46. The van der Waals surface area contributed by atoms with Crippen molar-refractivity contribution in [3.63, 3.8) is 0 Å². The lowest BCUT2D eigenvalue weighted by Gasteiger charge is -2.39. The van der Waals surface area contributed by atoms with Gasteiger partial charge in [0.1, 0.15) is 0 Å². The van der Waals surface area contributed by atoms with Crippen molar-refractivity contribution >= 4 is 0 Å². The van der Waals surface area contributed by atoms with Crippen LogP contribution in [-0.4, -0.2) is 0 Å². The average molecular weight is 226 g/mol. The first-order valence-electron chi connectivity index (χ1n) is 7.11. The zero-order valence-electron chi connectivity index (χ0n) is 13.0. The molecule has 0 heterocycles. The summed E-state index contributed by atoms with van der Waals surface area (Å²) in [5.74, 6) is 1.67. The van der Waals surface area contributed by atoms with E-state index in [1.807, 2.05) is 0 Å². The van der Waals surface area contributed by atoms with Crippen LogP contribution < -0.4 is 0 Å². The maximum absolute atomic E-state index is 2.46. The minimum absolute atomic E-state index is 0.484. The Hall–Kier alpha value is 0. The Labute approximate surface area is 104 Å². The number of hydrogen-bond acceptors (Lipinski definition) is 0. The highest BCUT2D eigenvalue weighted by Crippen LogP contribution is 2.41. The Morgan fingerprint density at radius 3 is 1.62 bits per heavy atom. The summed E-state index contributed by atoms with van der Waals surface area (Å²) in [5, 5.41) is 0. The Morgan fingerprint density at radius 2 is 1.25 bits per heavy atom. The van der Waals surface area contributed by atoms with Crippen molar-refractivity contribution in [3.8, 4) is 0 Å². The summed E-state index contributed by atoms with van der Waals surface area (Å²) in [7, 11) is 0. The van der Waals surface area contributed by atoms with Gasteiger partial charge in [-0.2, -0.15) is 0 Å². The van der Waals surface area contributed by atoms with E-state index >= 15 is 0 Å². The topological polar surface area (TPSA) is 0 Å². The SMILES string of the molecule is CCCC(C)C(C)(C)C(C)CCC(C)(C)C. The van der Waals surface area contributed by atoms with E-state index in [2.05, 4.69) is 55.4 Å². The van der Waals surface area contributed by atoms with Crippen LogP contribution in [0.3, 0.4) is 0 Å². The third-order valence-electron chi connectivity index (χ3n) is 4.59. The predicted octanol–water partition coefficient (Wildman–Crippen LogP) is 5.91. The zero-order valence-corrected chi connectivity index (χ0v) is 13.0. The molecule has 0 heteroatoms. The van der Waals surface area contributed by atoms with Gasteiger partial charge < -0.3 is 0 Å². The van der Waals surface area contributed by atoms with Crippen LogP contribution in [-0.2, 0) is 0 Å². The molecule has 0 N–H and O–H groups in total. The van der Waals surface area contributed by atoms with Gasteiger partial charge in [0.15, 0.2) is 0 Å². The quantitative estimate of drug-likeness (QED) is 0.528. The molecule has 0 spiro atoms. The van der Waals surface area contributed by atoms with Crippen molar-refractivity contribution in [1.29, 1.82) is 0 Å². The molecule has 0 fully saturated rings. The Kier molecular flexibility index (Phi) is 6.07. The van der Waals surface area contributed by atoms with Gasteiger partial charge in [0.25, 0.3) is 0 Å². The first kappa shape index (κ1) is 16.0. The summed E-state index contributed by atoms with van der Waals surface area (Å²) >= 11 is 0. The highest BCUT2D eigenvalue weighted by molar-refractivity contribution is 4.81. The van der Waals surface area contributed by atoms with E-state index < -0.39 is 0 Å². The molecule has 0 saturated carbocycles. The fraction of sp³-hybridized carbons (Fsp3) is 1.00. The van der Waals surface area contributed by atoms with E-state index in [9.17, 15) is 0 Å². The first-order chi connectivity index (χ1) is 7.11. The van der Waals surface area contributed by atoms with Crippen LogP contribution >= 0.6 is 0 Å². The van der Waals surface area contributed by atoms with E-state index in [1.165, 1.54) is 25.7 Å². The summed E-state index contributed by atoms with van der Waals surface area (Å²) in [6.07, 6.45) is 5.39. The summed E-state index contributed by atoms with van der Waals surface area (Å²) in [6.45, 7) is 19.1. The molecule has 0 bridgehead atoms. The summed E-state index contributed by atoms with van der Waals surface area (Å²) in [5.41, 5.74) is 0.972. The van der Waals surface area contributed by atoms with Crippen molar-refractivity contribution in [2.24, 2.45) is 22.7 Å². The summed E-state index contributed by atoms with van der Waals surface area (Å²) < 4.78 is 0. The third-order valence-corrected chi connectivity index (χ3v) is 4.59. The van der Waals surface area contributed by atoms with Crippen LogP contribution in [0.2, 0.25) is 0 Å². The molecule has 0 aromatic heterocycles. The van der Waals surface area contributed by atoms with Gasteiger partial charge in [-0.3, -0.25) is 0 Å². The lowest BCUT2D eigenvalue weighted by Crippen LogP contribution is -2.30. The largest absolute Gasteiger partial charge is 0.0654 e. The van der Waals surface area contributed by atoms with Crippen LogP contribution in [0.15, 0.2) is 0 Å². The molecule has 0 saturated heterocycles. The van der Waals surface area contributed by atoms with Crippen LogP contribution in [0.25, 0.3) is 0 Å². The minimum Gasteiger partial charge on any atom is -0.0654 e. The van der Waals surface area contributed by atoms with Crippen LogP contribution in [0.5, 0.6) is 0 Å². The lowest BCUT2D eigenvalue weighted by molar-refractivity contribution is 0.112. The smallest absolute Gasteiger partial charge is 0.0303 e. The van der Waals surface area contributed by atoms with E-state index in [1.54, 1.807) is 0 Å². The predicted molar refractivity (Wildman–Crippen MR) is 75.7 cm³/mol. The minimum atomic E-state index is 0.484. The van der Waals surface area contributed by atoms with Crippen LogP contribution in [0.1, 0.15) is 81.1 Å². The van der Waals surface area contributed by atoms with Gasteiger partial charge in [-0.1, -0.05) is 68.2 Å². The number of rotatable bonds is 6. The van der Waals surface area contributed by atoms with E-state index in [0.717, 1.165) is 11.8 Å². The van der Waals surface area contributed by atoms with E-state index in [4.69, 9.17) is 0 Å². The van der Waals surface area contributed by atoms with Crippen molar-refractivity contribution in [2.45, 2.75) is 81.1 Å². The summed E-state index contributed by atoms with van der Waals surface area (Å²) in [4.78, 5) is 0. The van der Waals surface area contributed by atoms with Gasteiger partial charge in [-0.25, -0.2) is 0 Å². The van der Waals surface area contributed by atoms with Gasteiger partial charge in [-0.15, -0.1) is 0 Å². The molecule has 0 nitrogen and oxygen atoms in total. The fourth-order valence-electron chi connectivity index (χ4n) is 2.31. The Morgan fingerprint density at radius 1 is 0.812 bits per heavy atom. The third kappa shape index (κ3) is 5.37. The molecule has 2 unspecified atom stereocenters. The second-order valence-electron chi connectivity index (χ2n) is 7.51. The molecule has 0 aliphatic heterocycles. The van der Waals surface area contributed by atoms with Gasteiger partial charge in [0, 0.05) is 0 Å². The van der Waals surface area contributed by atoms with Crippen molar-refractivity contribution in [2.75, 3.05) is 0 Å². The normalized spacial score (nSPS) is 17.2. The maximum Gasteiger partial charge on any atom is -0.0303 e. The van der Waals surface area contributed by atoms with Gasteiger partial charge in [0.2, 0.25) is 0 Å². The lowest BCUT2D eigenvalue weighted by atomic mass is 9.67. The van der Waals surface area contributed by atoms with E-state index in [0.29, 0.717) is 10.8 Å². The average Bonchev–Trinajstić information content (AvgIpc) is 2.13. The zero-order chi connectivity index (χ0) is 13.0. The second-order valence-corrected chi connectivity index (χ2v) is 7.51. The molecule has 0 amide bonds. The highest BCUT2D eigenvalue weighted by Gasteiger charge is 2.31. The second kappa shape index (κ2) is 6.07. The van der Waals surface area contributed by atoms with Crippen LogP contribution in [0, 0.1) is 22.7 Å². The summed E-state index contributed by atoms with van der Waals surface area (Å²) in [6, 6.07) is 0. The molecule has 2 atom stereocenters. The highest BCUT2D eigenvalue weighted by atomic mass is 14.4. The van der Waals surface area contributed by atoms with Gasteiger partial charge >= 0.3 is 0 Å². The molecule has 16 heavy (non-hydrogen) atoms. The molecular weight excluding hydrogens is 192 g/mol. The van der Waals surface area contributed by atoms with Gasteiger partial charge in [0.05, 0.1) is 0 Å². The van der Waals surface area contributed by atoms with Crippen LogP contribution in [0.4, 0.5) is 0 Å². The molecule has 0 rings (SSSR count). The molecule has 98 valence electrons. The van der Waals surface area contributed by atoms with Crippen molar-refractivity contribution < 1.29 is 0 Å². The van der Waals surface area contributed by atoms with Gasteiger partial charge in [-0.05, 0) is 35.5 Å². The molecule has 0 aromatic carbocycles. The van der Waals surface area contributed by atoms with Crippen molar-refractivity contribution in [3.05, 3.63) is 0 Å². The fourth-order valence-corrected chi connectivity index (χ4v) is 2.31. The Bertz CT molecular complexity index is 183. The molecule has 0 aliphatic carbocycles. The number of hydrogen-bond donors (Lipinski definition) is 0. The van der Waals surface area contributed by atoms with Crippen molar-refractivity contribution in [1.82, 2.24) is 0 Å². The first-order valence-corrected chi connectivity index (χ1v) is 7.11. The standard InChI is InChI=1S/C16H34/c1-9-10-13(2)16(7,8)14(3)11-12-15(4,5)6/h13-14H,9-12H2,1-8H3. The van der Waals surface area contributed by atoms with E-state index in [-0.39, 0.29) is 0 Å². The Balaban J connectivity index is 4.28. The molecule has 0 radical (unpaired) electrons. The molecular formula is C16H34. The molecule has 0 aromatic rings. The monoisotopic (exact) mass is 226 g/mol.